The molecule has 0 atom stereocenters. The number of piperazine rings is 1. The average Bonchev–Trinajstić information content (AvgIpc) is 2.68. The number of aromatic nitrogens is 2. The van der Waals surface area contributed by atoms with Gasteiger partial charge in [0.25, 0.3) is 0 Å². The van der Waals surface area contributed by atoms with E-state index in [0.29, 0.717) is 13.1 Å². The Labute approximate surface area is 170 Å². The van der Waals surface area contributed by atoms with Gasteiger partial charge in [-0.15, -0.1) is 0 Å². The lowest BCUT2D eigenvalue weighted by molar-refractivity contribution is -0.894. The third-order valence-electron chi connectivity index (χ3n) is 4.85. The smallest absolute Gasteiger partial charge is 0.403 e. The number of hydrogen-bond donors (Lipinski definition) is 2. The van der Waals surface area contributed by atoms with E-state index in [-0.39, 0.29) is 37.9 Å². The Balaban J connectivity index is 1.81. The third-order valence-corrected chi connectivity index (χ3v) is 5.57. The molecule has 1 aromatic heterocycles. The lowest BCUT2D eigenvalue weighted by Gasteiger charge is -2.31. The second-order valence-corrected chi connectivity index (χ2v) is 7.48. The molecule has 146 valence electrons. The Morgan fingerprint density at radius 3 is 2.25 bits per heavy atom. The molecule has 0 radical (unpaired) electrons. The second kappa shape index (κ2) is 7.12. The van der Waals surface area contributed by atoms with Gasteiger partial charge < -0.3 is 14.5 Å². The summed E-state index contributed by atoms with van der Waals surface area (Å²) in [6, 6.07) is 7.60. The Kier molecular flexibility index (Phi) is 4.78. The molecule has 0 spiro atoms. The molecule has 1 aliphatic rings. The maximum absolute atomic E-state index is 12.6. The van der Waals surface area contributed by atoms with Crippen LogP contribution in [0, 0.1) is 0 Å². The highest BCUT2D eigenvalue weighted by Crippen LogP contribution is 2.28. The van der Waals surface area contributed by atoms with E-state index >= 15 is 0 Å². The first-order valence-corrected chi connectivity index (χ1v) is 9.38. The molecule has 4 rings (SSSR count). The van der Waals surface area contributed by atoms with E-state index in [1.54, 1.807) is 23.1 Å². The molecular weight excluding hydrogens is 407 g/mol. The predicted octanol–water partition coefficient (Wildman–Crippen LogP) is 2.10. The SMILES string of the molecule is CN1CCN(C(=O)Oc2cccc3c2[n+](O)c2cc(Cl)c(Cl)cc2[n+]3O)CC1. The number of carbonyl (C=O) groups excluding carboxylic acids is 1. The van der Waals surface area contributed by atoms with Crippen molar-refractivity contribution in [1.82, 2.24) is 9.80 Å². The number of amides is 1. The van der Waals surface area contributed by atoms with Gasteiger partial charge in [0.1, 0.15) is 0 Å². The lowest BCUT2D eigenvalue weighted by atomic mass is 10.2. The summed E-state index contributed by atoms with van der Waals surface area (Å²) in [4.78, 5) is 16.3. The molecule has 3 aromatic rings. The highest BCUT2D eigenvalue weighted by atomic mass is 35.5. The normalized spacial score (nSPS) is 15.3. The molecule has 0 saturated carbocycles. The van der Waals surface area contributed by atoms with E-state index in [1.165, 1.54) is 12.1 Å². The van der Waals surface area contributed by atoms with E-state index in [1.807, 2.05) is 7.05 Å². The van der Waals surface area contributed by atoms with Crippen molar-refractivity contribution in [1.29, 1.82) is 0 Å². The molecule has 2 heterocycles. The number of nitrogens with zero attached hydrogens (tertiary/aromatic N) is 4. The zero-order valence-corrected chi connectivity index (χ0v) is 16.5. The zero-order valence-electron chi connectivity index (χ0n) is 15.0. The van der Waals surface area contributed by atoms with Gasteiger partial charge in [-0.3, -0.25) is 10.4 Å². The van der Waals surface area contributed by atoms with Crippen LogP contribution in [0.2, 0.25) is 10.0 Å². The largest absolute Gasteiger partial charge is 0.415 e. The minimum absolute atomic E-state index is 0.111. The second-order valence-electron chi connectivity index (χ2n) is 6.66. The molecule has 10 heteroatoms. The molecule has 1 amide bonds. The van der Waals surface area contributed by atoms with Crippen LogP contribution in [0.3, 0.4) is 0 Å². The summed E-state index contributed by atoms with van der Waals surface area (Å²) in [6.07, 6.45) is -0.515. The van der Waals surface area contributed by atoms with Gasteiger partial charge in [0.05, 0.1) is 10.0 Å². The average molecular weight is 425 g/mol. The van der Waals surface area contributed by atoms with Crippen molar-refractivity contribution in [3.8, 4) is 5.75 Å². The predicted molar refractivity (Wildman–Crippen MR) is 101 cm³/mol. The number of ether oxygens (including phenoxy) is 1. The lowest BCUT2D eigenvalue weighted by Crippen LogP contribution is -2.48. The number of rotatable bonds is 1. The quantitative estimate of drug-likeness (QED) is 0.355. The Bertz CT molecular complexity index is 1100. The van der Waals surface area contributed by atoms with Gasteiger partial charge in [-0.2, -0.15) is 0 Å². The first kappa shape index (κ1) is 18.8. The third kappa shape index (κ3) is 3.13. The van der Waals surface area contributed by atoms with E-state index < -0.39 is 6.09 Å². The van der Waals surface area contributed by atoms with Crippen molar-refractivity contribution in [2.24, 2.45) is 0 Å². The summed E-state index contributed by atoms with van der Waals surface area (Å²) in [5.74, 6) is 0.111. The first-order valence-electron chi connectivity index (χ1n) is 8.62. The van der Waals surface area contributed by atoms with Gasteiger partial charge in [-0.05, 0) is 13.1 Å². The molecule has 1 saturated heterocycles. The highest BCUT2D eigenvalue weighted by Gasteiger charge is 2.34. The van der Waals surface area contributed by atoms with Crippen LogP contribution in [0.4, 0.5) is 4.79 Å². The summed E-state index contributed by atoms with van der Waals surface area (Å²) in [7, 11) is 1.99. The van der Waals surface area contributed by atoms with Crippen LogP contribution >= 0.6 is 23.2 Å². The number of para-hydroxylation sites is 1. The van der Waals surface area contributed by atoms with Crippen LogP contribution < -0.4 is 14.2 Å². The minimum Gasteiger partial charge on any atom is -0.403 e. The molecule has 1 fully saturated rings. The molecule has 28 heavy (non-hydrogen) atoms. The zero-order chi connectivity index (χ0) is 20.0. The van der Waals surface area contributed by atoms with Crippen molar-refractivity contribution < 1.29 is 29.4 Å². The fourth-order valence-electron chi connectivity index (χ4n) is 3.24. The molecule has 0 unspecified atom stereocenters. The monoisotopic (exact) mass is 424 g/mol. The van der Waals surface area contributed by atoms with Crippen LogP contribution in [0.1, 0.15) is 0 Å². The summed E-state index contributed by atoms with van der Waals surface area (Å²) < 4.78 is 7.24. The van der Waals surface area contributed by atoms with Crippen molar-refractivity contribution in [2.45, 2.75) is 0 Å². The van der Waals surface area contributed by atoms with Gasteiger partial charge in [0, 0.05) is 53.8 Å². The van der Waals surface area contributed by atoms with Crippen molar-refractivity contribution in [3.05, 3.63) is 40.4 Å². The Morgan fingerprint density at radius 1 is 1.00 bits per heavy atom. The van der Waals surface area contributed by atoms with Crippen LogP contribution in [0.15, 0.2) is 30.3 Å². The summed E-state index contributed by atoms with van der Waals surface area (Å²) in [5, 5.41) is 21.8. The van der Waals surface area contributed by atoms with Gasteiger partial charge >= 0.3 is 28.2 Å². The van der Waals surface area contributed by atoms with E-state index in [4.69, 9.17) is 27.9 Å². The number of fused-ring (bicyclic) bond motifs is 2. The maximum Gasteiger partial charge on any atom is 0.415 e. The molecule has 8 nitrogen and oxygen atoms in total. The van der Waals surface area contributed by atoms with E-state index in [0.717, 1.165) is 22.6 Å². The van der Waals surface area contributed by atoms with E-state index in [9.17, 15) is 15.2 Å². The van der Waals surface area contributed by atoms with E-state index in [2.05, 4.69) is 4.90 Å². The Morgan fingerprint density at radius 2 is 1.61 bits per heavy atom. The van der Waals surface area contributed by atoms with Crippen molar-refractivity contribution in [2.75, 3.05) is 33.2 Å². The molecule has 2 N–H and O–H groups in total. The van der Waals surface area contributed by atoms with Gasteiger partial charge in [-0.25, -0.2) is 4.79 Å². The number of hydrogen-bond acceptors (Lipinski definition) is 5. The van der Waals surface area contributed by atoms with Crippen molar-refractivity contribution >= 4 is 51.4 Å². The summed E-state index contributed by atoms with van der Waals surface area (Å²) in [5.41, 5.74) is 0.801. The summed E-state index contributed by atoms with van der Waals surface area (Å²) in [6.45, 7) is 2.61. The molecule has 1 aliphatic heterocycles. The van der Waals surface area contributed by atoms with Gasteiger partial charge in [0.2, 0.25) is 5.75 Å². The number of likely N-dealkylation sites (N-methyl/N-ethyl adjacent to an activating group) is 1. The Hall–Kier alpha value is -2.55. The van der Waals surface area contributed by atoms with Crippen molar-refractivity contribution in [3.63, 3.8) is 0 Å². The van der Waals surface area contributed by atoms with Gasteiger partial charge in [0.15, 0.2) is 0 Å². The number of halogens is 2. The topological polar surface area (TPSA) is 81.0 Å². The molecule has 0 bridgehead atoms. The number of benzene rings is 2. The first-order chi connectivity index (χ1) is 13.4. The van der Waals surface area contributed by atoms with Gasteiger partial charge in [-0.1, -0.05) is 29.3 Å². The molecule has 0 aliphatic carbocycles. The number of carbonyl (C=O) groups is 1. The fraction of sp³-hybridized carbons (Fsp3) is 0.278. The van der Waals surface area contributed by atoms with Crippen LogP contribution in [-0.4, -0.2) is 59.5 Å². The highest BCUT2D eigenvalue weighted by molar-refractivity contribution is 6.42. The molecular formula is C18H18Cl2N4O4+2. The fourth-order valence-corrected chi connectivity index (χ4v) is 3.56. The van der Waals surface area contributed by atoms with Crippen LogP contribution in [0.5, 0.6) is 5.75 Å². The standard InChI is InChI=1S/C18H18Cl2N4O4/c1-21-5-7-22(8-6-21)18(25)28-16-4-2-3-13-17(16)24(27)15-10-12(20)11(19)9-14(15)23(13)26/h2-4,9-10,26-27H,5-8H2,1H3/q+2. The summed E-state index contributed by atoms with van der Waals surface area (Å²) >= 11 is 12.1. The molecule has 2 aromatic carbocycles. The maximum atomic E-state index is 12.6. The minimum atomic E-state index is -0.515. The van der Waals surface area contributed by atoms with Crippen LogP contribution in [-0.2, 0) is 0 Å². The van der Waals surface area contributed by atoms with Crippen LogP contribution in [0.25, 0.3) is 22.1 Å².